The molecular weight excluding hydrogens is 218 g/mol. The lowest BCUT2D eigenvalue weighted by molar-refractivity contribution is -0.00225. The first-order chi connectivity index (χ1) is 7.19. The number of nitrogens with zero attached hydrogens (tertiary/aromatic N) is 2. The van der Waals surface area contributed by atoms with Crippen LogP contribution in [0.1, 0.15) is 6.23 Å². The molecule has 0 radical (unpaired) electrons. The van der Waals surface area contributed by atoms with Gasteiger partial charge in [-0.1, -0.05) is 0 Å². The maximum atomic E-state index is 11.4. The van der Waals surface area contributed by atoms with E-state index in [9.17, 15) is 4.79 Å². The molecule has 6 nitrogen and oxygen atoms in total. The first-order valence-electron chi connectivity index (χ1n) is 4.37. The quantitative estimate of drug-likeness (QED) is 0.581. The Morgan fingerprint density at radius 1 is 1.73 bits per heavy atom. The van der Waals surface area contributed by atoms with Gasteiger partial charge in [0.1, 0.15) is 12.0 Å². The van der Waals surface area contributed by atoms with Crippen LogP contribution in [-0.4, -0.2) is 33.6 Å². The molecule has 0 fully saturated rings. The number of nitrogen functional groups attached to an aromatic ring is 1. The second-order valence-electron chi connectivity index (χ2n) is 2.77. The van der Waals surface area contributed by atoms with Crippen molar-refractivity contribution < 1.29 is 9.84 Å². The van der Waals surface area contributed by atoms with Crippen molar-refractivity contribution in [2.75, 3.05) is 24.7 Å². The summed E-state index contributed by atoms with van der Waals surface area (Å²) in [4.78, 5) is 15.0. The molecule has 0 spiro atoms. The Morgan fingerprint density at radius 2 is 2.47 bits per heavy atom. The third-order valence-corrected chi connectivity index (χ3v) is 2.03. The van der Waals surface area contributed by atoms with Crippen molar-refractivity contribution in [3.8, 4) is 0 Å². The zero-order valence-corrected chi connectivity index (χ0v) is 8.93. The van der Waals surface area contributed by atoms with Crippen LogP contribution < -0.4 is 11.4 Å². The molecule has 0 aliphatic carbocycles. The molecule has 15 heavy (non-hydrogen) atoms. The molecular formula is C8H13N3O3S. The number of anilines is 1. The monoisotopic (exact) mass is 231 g/mol. The first kappa shape index (κ1) is 12.0. The standard InChI is InChI=1S/C8H13N3O3S/c9-6-1-2-11(8(13)10-6)7(5-15)14-4-3-12/h1-2,7,12,15H,3-5H2,(H2,9,10,13)/t7-/m0/s1. The maximum absolute atomic E-state index is 11.4. The van der Waals surface area contributed by atoms with Crippen LogP contribution in [0, 0.1) is 0 Å². The second-order valence-corrected chi connectivity index (χ2v) is 3.14. The van der Waals surface area contributed by atoms with Crippen molar-refractivity contribution in [1.82, 2.24) is 9.55 Å². The van der Waals surface area contributed by atoms with Crippen molar-refractivity contribution in [2.24, 2.45) is 0 Å². The van der Waals surface area contributed by atoms with Gasteiger partial charge in [-0.05, 0) is 6.07 Å². The zero-order chi connectivity index (χ0) is 11.3. The molecule has 1 rings (SSSR count). The highest BCUT2D eigenvalue weighted by atomic mass is 32.1. The van der Waals surface area contributed by atoms with Crippen molar-refractivity contribution in [3.63, 3.8) is 0 Å². The Labute approximate surface area is 92.1 Å². The number of aliphatic hydroxyl groups is 1. The summed E-state index contributed by atoms with van der Waals surface area (Å²) in [5.41, 5.74) is 4.85. The molecule has 1 aromatic heterocycles. The van der Waals surface area contributed by atoms with Crippen molar-refractivity contribution in [2.45, 2.75) is 6.23 Å². The average Bonchev–Trinajstić information content (AvgIpc) is 2.21. The second kappa shape index (κ2) is 5.74. The third-order valence-electron chi connectivity index (χ3n) is 1.72. The van der Waals surface area contributed by atoms with Gasteiger partial charge in [0.2, 0.25) is 0 Å². The number of hydrogen-bond acceptors (Lipinski definition) is 6. The van der Waals surface area contributed by atoms with Gasteiger partial charge in [0.05, 0.1) is 13.2 Å². The highest BCUT2D eigenvalue weighted by molar-refractivity contribution is 7.80. The fourth-order valence-electron chi connectivity index (χ4n) is 1.05. The van der Waals surface area contributed by atoms with Crippen LogP contribution in [0.2, 0.25) is 0 Å². The van der Waals surface area contributed by atoms with Crippen LogP contribution in [-0.2, 0) is 4.74 Å². The fourth-order valence-corrected chi connectivity index (χ4v) is 1.34. The number of ether oxygens (including phenoxy) is 1. The van der Waals surface area contributed by atoms with Gasteiger partial charge in [0.15, 0.2) is 0 Å². The van der Waals surface area contributed by atoms with Crippen molar-refractivity contribution in [1.29, 1.82) is 0 Å². The summed E-state index contributed by atoms with van der Waals surface area (Å²) in [6.45, 7) is 0.0312. The van der Waals surface area contributed by atoms with E-state index in [1.54, 1.807) is 0 Å². The minimum Gasteiger partial charge on any atom is -0.394 e. The Balaban J connectivity index is 2.87. The molecule has 0 saturated carbocycles. The number of rotatable bonds is 5. The fraction of sp³-hybridized carbons (Fsp3) is 0.500. The molecule has 1 aromatic rings. The minimum absolute atomic E-state index is 0.110. The topological polar surface area (TPSA) is 90.4 Å². The number of nitrogens with two attached hydrogens (primary N) is 1. The van der Waals surface area contributed by atoms with Gasteiger partial charge in [-0.15, -0.1) is 0 Å². The van der Waals surface area contributed by atoms with Gasteiger partial charge in [0, 0.05) is 11.9 Å². The summed E-state index contributed by atoms with van der Waals surface area (Å²) in [6.07, 6.45) is 0.948. The molecule has 3 N–H and O–H groups in total. The van der Waals surface area contributed by atoms with Gasteiger partial charge in [-0.3, -0.25) is 4.57 Å². The third kappa shape index (κ3) is 3.22. The Hall–Kier alpha value is -1.05. The summed E-state index contributed by atoms with van der Waals surface area (Å²) < 4.78 is 6.48. The summed E-state index contributed by atoms with van der Waals surface area (Å²) in [7, 11) is 0. The molecule has 0 amide bonds. The molecule has 7 heteroatoms. The summed E-state index contributed by atoms with van der Waals surface area (Å²) in [6, 6.07) is 1.50. The van der Waals surface area contributed by atoms with E-state index in [0.717, 1.165) is 0 Å². The highest BCUT2D eigenvalue weighted by Crippen LogP contribution is 2.07. The van der Waals surface area contributed by atoms with E-state index in [0.29, 0.717) is 5.75 Å². The molecule has 0 aromatic carbocycles. The van der Waals surface area contributed by atoms with Gasteiger partial charge < -0.3 is 15.6 Å². The van der Waals surface area contributed by atoms with E-state index in [2.05, 4.69) is 17.6 Å². The molecule has 0 aliphatic rings. The van der Waals surface area contributed by atoms with E-state index < -0.39 is 11.9 Å². The molecule has 0 bridgehead atoms. The summed E-state index contributed by atoms with van der Waals surface area (Å²) >= 11 is 4.05. The molecule has 0 saturated heterocycles. The number of thiol groups is 1. The lowest BCUT2D eigenvalue weighted by atomic mass is 10.5. The Kier molecular flexibility index (Phi) is 4.60. The predicted octanol–water partition coefficient (Wildman–Crippen LogP) is -0.737. The highest BCUT2D eigenvalue weighted by Gasteiger charge is 2.11. The number of aromatic nitrogens is 2. The van der Waals surface area contributed by atoms with Gasteiger partial charge in [0.25, 0.3) is 0 Å². The molecule has 84 valence electrons. The van der Waals surface area contributed by atoms with E-state index in [1.165, 1.54) is 16.8 Å². The summed E-state index contributed by atoms with van der Waals surface area (Å²) in [5, 5.41) is 8.60. The van der Waals surface area contributed by atoms with E-state index >= 15 is 0 Å². The van der Waals surface area contributed by atoms with Gasteiger partial charge in [-0.2, -0.15) is 17.6 Å². The van der Waals surface area contributed by atoms with Crippen LogP contribution in [0.25, 0.3) is 0 Å². The number of hydrogen-bond donors (Lipinski definition) is 3. The molecule has 1 heterocycles. The maximum Gasteiger partial charge on any atom is 0.351 e. The van der Waals surface area contributed by atoms with Crippen LogP contribution in [0.15, 0.2) is 17.1 Å². The normalized spacial score (nSPS) is 12.7. The van der Waals surface area contributed by atoms with Crippen LogP contribution >= 0.6 is 12.6 Å². The van der Waals surface area contributed by atoms with Gasteiger partial charge >= 0.3 is 5.69 Å². The first-order valence-corrected chi connectivity index (χ1v) is 5.00. The minimum atomic E-state index is -0.541. The van der Waals surface area contributed by atoms with E-state index in [-0.39, 0.29) is 19.0 Å². The molecule has 0 unspecified atom stereocenters. The predicted molar refractivity (Wildman–Crippen MR) is 58.8 cm³/mol. The van der Waals surface area contributed by atoms with Crippen LogP contribution in [0.3, 0.4) is 0 Å². The SMILES string of the molecule is Nc1ccn([C@H](CS)OCCO)c(=O)n1. The molecule has 1 atom stereocenters. The van der Waals surface area contributed by atoms with Gasteiger partial charge in [-0.25, -0.2) is 4.79 Å². The van der Waals surface area contributed by atoms with Crippen LogP contribution in [0.5, 0.6) is 0 Å². The summed E-state index contributed by atoms with van der Waals surface area (Å²) in [5.74, 6) is 0.474. The Bertz CT molecular complexity index is 368. The van der Waals surface area contributed by atoms with E-state index in [1.807, 2.05) is 0 Å². The Morgan fingerprint density at radius 3 is 3.00 bits per heavy atom. The van der Waals surface area contributed by atoms with Crippen LogP contribution in [0.4, 0.5) is 5.82 Å². The average molecular weight is 231 g/mol. The van der Waals surface area contributed by atoms with Crippen molar-refractivity contribution in [3.05, 3.63) is 22.7 Å². The zero-order valence-electron chi connectivity index (χ0n) is 8.04. The number of aliphatic hydroxyl groups excluding tert-OH is 1. The largest absolute Gasteiger partial charge is 0.394 e. The smallest absolute Gasteiger partial charge is 0.351 e. The molecule has 0 aliphatic heterocycles. The van der Waals surface area contributed by atoms with Crippen molar-refractivity contribution >= 4 is 18.4 Å². The van der Waals surface area contributed by atoms with E-state index in [4.69, 9.17) is 15.6 Å². The lowest BCUT2D eigenvalue weighted by Crippen LogP contribution is -2.30. The lowest BCUT2D eigenvalue weighted by Gasteiger charge is -2.17.